The molecule has 0 saturated carbocycles. The number of carboxylic acid groups (broad SMARTS) is 1. The summed E-state index contributed by atoms with van der Waals surface area (Å²) in [6.45, 7) is 6.60. The van der Waals surface area contributed by atoms with Crippen molar-refractivity contribution in [1.29, 1.82) is 0 Å². The molecule has 1 amide bonds. The van der Waals surface area contributed by atoms with Gasteiger partial charge in [0.05, 0.1) is 5.56 Å². The Morgan fingerprint density at radius 1 is 1.11 bits per heavy atom. The van der Waals surface area contributed by atoms with Crippen LogP contribution >= 0.6 is 0 Å². The third-order valence-corrected chi connectivity index (χ3v) is 4.21. The van der Waals surface area contributed by atoms with Gasteiger partial charge in [-0.3, -0.25) is 4.98 Å². The third-order valence-electron chi connectivity index (χ3n) is 4.21. The molecule has 1 N–H and O–H groups in total. The van der Waals surface area contributed by atoms with Crippen molar-refractivity contribution in [3.63, 3.8) is 0 Å². The summed E-state index contributed by atoms with van der Waals surface area (Å²) in [6.07, 6.45) is 3.86. The maximum atomic E-state index is 12.1. The van der Waals surface area contributed by atoms with Crippen molar-refractivity contribution < 1.29 is 24.2 Å². The summed E-state index contributed by atoms with van der Waals surface area (Å²) in [5, 5.41) is 9.30. The van der Waals surface area contributed by atoms with Gasteiger partial charge in [-0.25, -0.2) is 14.6 Å². The number of amides is 1. The van der Waals surface area contributed by atoms with E-state index in [1.165, 1.54) is 18.5 Å². The molecule has 1 aliphatic heterocycles. The second-order valence-corrected chi connectivity index (χ2v) is 7.45. The molecule has 2 heterocycles. The number of hydrogen-bond acceptors (Lipinski definition) is 6. The zero-order valence-corrected chi connectivity index (χ0v) is 15.6. The van der Waals surface area contributed by atoms with Crippen LogP contribution in [0.4, 0.5) is 4.79 Å². The second kappa shape index (κ2) is 7.38. The van der Waals surface area contributed by atoms with Crippen molar-refractivity contribution in [3.05, 3.63) is 30.1 Å². The van der Waals surface area contributed by atoms with Gasteiger partial charge in [0.15, 0.2) is 0 Å². The Balaban J connectivity index is 1.69. The summed E-state index contributed by atoms with van der Waals surface area (Å²) < 4.78 is 11.5. The van der Waals surface area contributed by atoms with E-state index in [9.17, 15) is 14.7 Å². The highest BCUT2D eigenvalue weighted by molar-refractivity contribution is 6.02. The van der Waals surface area contributed by atoms with E-state index in [-0.39, 0.29) is 17.8 Å². The summed E-state index contributed by atoms with van der Waals surface area (Å²) in [5.41, 5.74) is 0.291. The third kappa shape index (κ3) is 4.45. The van der Waals surface area contributed by atoms with Crippen LogP contribution in [0.25, 0.3) is 11.0 Å². The van der Waals surface area contributed by atoms with Crippen LogP contribution in [0.1, 0.15) is 44.0 Å². The SMILES string of the molecule is CC(C)(C)OC(=O)N1CCC(Oc2ccc(C(=O)O)c3nccnc23)CC1. The Morgan fingerprint density at radius 3 is 2.33 bits per heavy atom. The van der Waals surface area contributed by atoms with E-state index in [4.69, 9.17) is 9.47 Å². The fourth-order valence-electron chi connectivity index (χ4n) is 2.96. The lowest BCUT2D eigenvalue weighted by Gasteiger charge is -2.33. The number of aromatic nitrogens is 2. The lowest BCUT2D eigenvalue weighted by atomic mass is 10.1. The fourth-order valence-corrected chi connectivity index (χ4v) is 2.96. The number of fused-ring (bicyclic) bond motifs is 1. The van der Waals surface area contributed by atoms with Gasteiger partial charge in [-0.15, -0.1) is 0 Å². The number of carbonyl (C=O) groups is 2. The summed E-state index contributed by atoms with van der Waals surface area (Å²) in [5.74, 6) is -0.559. The molecule has 1 aliphatic rings. The van der Waals surface area contributed by atoms with E-state index in [2.05, 4.69) is 9.97 Å². The zero-order valence-electron chi connectivity index (χ0n) is 15.6. The largest absolute Gasteiger partial charge is 0.488 e. The van der Waals surface area contributed by atoms with Crippen molar-refractivity contribution in [2.45, 2.75) is 45.3 Å². The Labute approximate surface area is 157 Å². The summed E-state index contributed by atoms with van der Waals surface area (Å²) in [6, 6.07) is 3.09. The molecule has 8 heteroatoms. The number of rotatable bonds is 3. The van der Waals surface area contributed by atoms with Gasteiger partial charge < -0.3 is 19.5 Å². The summed E-state index contributed by atoms with van der Waals surface area (Å²) in [7, 11) is 0. The molecule has 1 aromatic carbocycles. The molecule has 3 rings (SSSR count). The number of benzene rings is 1. The average Bonchev–Trinajstić information content (AvgIpc) is 2.61. The van der Waals surface area contributed by atoms with Crippen LogP contribution in [-0.4, -0.2) is 56.8 Å². The molecule has 1 fully saturated rings. The number of piperidine rings is 1. The van der Waals surface area contributed by atoms with Gasteiger partial charge in [0.1, 0.15) is 28.5 Å². The molecule has 0 spiro atoms. The molecule has 0 radical (unpaired) electrons. The van der Waals surface area contributed by atoms with Crippen LogP contribution in [0.2, 0.25) is 0 Å². The van der Waals surface area contributed by atoms with Crippen LogP contribution in [0.15, 0.2) is 24.5 Å². The quantitative estimate of drug-likeness (QED) is 0.882. The van der Waals surface area contributed by atoms with Gasteiger partial charge in [-0.2, -0.15) is 0 Å². The minimum Gasteiger partial charge on any atom is -0.488 e. The molecule has 0 bridgehead atoms. The molecule has 2 aromatic rings. The van der Waals surface area contributed by atoms with E-state index >= 15 is 0 Å². The van der Waals surface area contributed by atoms with Crippen LogP contribution in [0.3, 0.4) is 0 Å². The molecule has 27 heavy (non-hydrogen) atoms. The molecule has 0 aliphatic carbocycles. The molecule has 1 aromatic heterocycles. The molecular formula is C19H23N3O5. The van der Waals surface area contributed by atoms with Crippen molar-refractivity contribution in [2.24, 2.45) is 0 Å². The minimum absolute atomic E-state index is 0.0881. The Morgan fingerprint density at radius 2 is 1.74 bits per heavy atom. The van der Waals surface area contributed by atoms with Gasteiger partial charge in [0.25, 0.3) is 0 Å². The van der Waals surface area contributed by atoms with E-state index in [0.29, 0.717) is 42.7 Å². The lowest BCUT2D eigenvalue weighted by molar-refractivity contribution is 0.0127. The van der Waals surface area contributed by atoms with Gasteiger partial charge in [-0.05, 0) is 32.9 Å². The molecule has 8 nitrogen and oxygen atoms in total. The topological polar surface area (TPSA) is 102 Å². The summed E-state index contributed by atoms with van der Waals surface area (Å²) in [4.78, 5) is 33.5. The monoisotopic (exact) mass is 373 g/mol. The second-order valence-electron chi connectivity index (χ2n) is 7.45. The van der Waals surface area contributed by atoms with Crippen molar-refractivity contribution >= 4 is 23.1 Å². The molecule has 0 atom stereocenters. The number of carbonyl (C=O) groups excluding carboxylic acids is 1. The van der Waals surface area contributed by atoms with Gasteiger partial charge in [-0.1, -0.05) is 0 Å². The van der Waals surface area contributed by atoms with E-state index in [1.807, 2.05) is 20.8 Å². The number of carboxylic acids is 1. The van der Waals surface area contributed by atoms with Crippen LogP contribution in [0, 0.1) is 0 Å². The van der Waals surface area contributed by atoms with Crippen molar-refractivity contribution in [2.75, 3.05) is 13.1 Å². The fraction of sp³-hybridized carbons (Fsp3) is 0.474. The van der Waals surface area contributed by atoms with Gasteiger partial charge in [0.2, 0.25) is 0 Å². The summed E-state index contributed by atoms with van der Waals surface area (Å²) >= 11 is 0. The first-order valence-electron chi connectivity index (χ1n) is 8.86. The molecule has 144 valence electrons. The first-order chi connectivity index (χ1) is 12.7. The molecular weight excluding hydrogens is 350 g/mol. The van der Waals surface area contributed by atoms with Gasteiger partial charge >= 0.3 is 12.1 Å². The zero-order chi connectivity index (χ0) is 19.6. The Bertz CT molecular complexity index is 854. The van der Waals surface area contributed by atoms with Crippen LogP contribution in [0.5, 0.6) is 5.75 Å². The predicted molar refractivity (Wildman–Crippen MR) is 98.0 cm³/mol. The first-order valence-corrected chi connectivity index (χ1v) is 8.86. The Kier molecular flexibility index (Phi) is 5.16. The number of nitrogens with zero attached hydrogens (tertiary/aromatic N) is 3. The van der Waals surface area contributed by atoms with E-state index < -0.39 is 11.6 Å². The number of hydrogen-bond donors (Lipinski definition) is 1. The number of aromatic carboxylic acids is 1. The minimum atomic E-state index is -1.06. The highest BCUT2D eigenvalue weighted by Crippen LogP contribution is 2.28. The van der Waals surface area contributed by atoms with Crippen LogP contribution in [-0.2, 0) is 4.74 Å². The maximum absolute atomic E-state index is 12.1. The van der Waals surface area contributed by atoms with Crippen molar-refractivity contribution in [1.82, 2.24) is 14.9 Å². The highest BCUT2D eigenvalue weighted by atomic mass is 16.6. The number of likely N-dealkylation sites (tertiary alicyclic amines) is 1. The normalized spacial score (nSPS) is 15.6. The molecule has 0 unspecified atom stereocenters. The van der Waals surface area contributed by atoms with Crippen molar-refractivity contribution in [3.8, 4) is 5.75 Å². The van der Waals surface area contributed by atoms with E-state index in [1.54, 1.807) is 11.0 Å². The average molecular weight is 373 g/mol. The standard InChI is InChI=1S/C19H23N3O5/c1-19(2,3)27-18(25)22-10-6-12(7-11-22)26-14-5-4-13(17(23)24)15-16(14)21-9-8-20-15/h4-5,8-9,12H,6-7,10-11H2,1-3H3,(H,23,24). The van der Waals surface area contributed by atoms with Gasteiger partial charge in [0, 0.05) is 38.3 Å². The first kappa shape index (κ1) is 18.9. The van der Waals surface area contributed by atoms with E-state index in [0.717, 1.165) is 0 Å². The lowest BCUT2D eigenvalue weighted by Crippen LogP contribution is -2.44. The Hall–Kier alpha value is -2.90. The predicted octanol–water partition coefficient (Wildman–Crippen LogP) is 3.11. The smallest absolute Gasteiger partial charge is 0.410 e. The highest BCUT2D eigenvalue weighted by Gasteiger charge is 2.28. The van der Waals surface area contributed by atoms with Crippen LogP contribution < -0.4 is 4.74 Å². The number of ether oxygens (including phenoxy) is 2. The molecule has 1 saturated heterocycles. The maximum Gasteiger partial charge on any atom is 0.410 e.